The van der Waals surface area contributed by atoms with Crippen molar-refractivity contribution in [3.05, 3.63) is 66.5 Å². The van der Waals surface area contributed by atoms with E-state index in [0.29, 0.717) is 0 Å². The van der Waals surface area contributed by atoms with Gasteiger partial charge < -0.3 is 5.32 Å². The zero-order valence-corrected chi connectivity index (χ0v) is 14.6. The van der Waals surface area contributed by atoms with Crippen LogP contribution >= 0.6 is 23.1 Å². The summed E-state index contributed by atoms with van der Waals surface area (Å²) in [5.74, 6) is 3.47. The third-order valence-corrected chi connectivity index (χ3v) is 5.44. The Bertz CT molecular complexity index is 1050. The molecule has 6 heteroatoms. The summed E-state index contributed by atoms with van der Waals surface area (Å²) in [6.07, 6.45) is 9.12. The van der Waals surface area contributed by atoms with Crippen molar-refractivity contribution < 1.29 is 0 Å². The molecule has 0 amide bonds. The molecule has 3 aromatic heterocycles. The van der Waals surface area contributed by atoms with E-state index in [1.807, 2.05) is 48.5 Å². The van der Waals surface area contributed by atoms with E-state index in [1.54, 1.807) is 24.2 Å². The highest BCUT2D eigenvalue weighted by atomic mass is 32.2. The summed E-state index contributed by atoms with van der Waals surface area (Å²) in [4.78, 5) is 16.2. The molecule has 0 unspecified atom stereocenters. The van der Waals surface area contributed by atoms with Crippen LogP contribution in [0.15, 0.2) is 70.7 Å². The number of rotatable bonds is 4. The van der Waals surface area contributed by atoms with Gasteiger partial charge in [-0.05, 0) is 36.4 Å². The Morgan fingerprint density at radius 2 is 1.76 bits per heavy atom. The number of thiazole rings is 1. The fourth-order valence-corrected chi connectivity index (χ4v) is 4.06. The molecule has 4 rings (SSSR count). The zero-order valence-electron chi connectivity index (χ0n) is 13.0. The van der Waals surface area contributed by atoms with E-state index in [4.69, 9.17) is 6.42 Å². The Balaban J connectivity index is 1.66. The van der Waals surface area contributed by atoms with Crippen molar-refractivity contribution in [2.24, 2.45) is 0 Å². The molecule has 0 saturated heterocycles. The predicted molar refractivity (Wildman–Crippen MR) is 103 cm³/mol. The van der Waals surface area contributed by atoms with E-state index >= 15 is 0 Å². The average molecular weight is 360 g/mol. The monoisotopic (exact) mass is 360 g/mol. The van der Waals surface area contributed by atoms with Crippen molar-refractivity contribution in [3.63, 3.8) is 0 Å². The number of hydrogen-bond acceptors (Lipinski definition) is 6. The lowest BCUT2D eigenvalue weighted by Gasteiger charge is -2.09. The first-order valence-electron chi connectivity index (χ1n) is 7.50. The smallest absolute Gasteiger partial charge is 0.190 e. The van der Waals surface area contributed by atoms with Gasteiger partial charge in [0.25, 0.3) is 0 Å². The highest BCUT2D eigenvalue weighted by Crippen LogP contribution is 2.36. The molecule has 1 aromatic carbocycles. The lowest BCUT2D eigenvalue weighted by Crippen LogP contribution is -1.95. The minimum Gasteiger partial charge on any atom is -0.315 e. The Kier molecular flexibility index (Phi) is 4.34. The number of pyridine rings is 2. The summed E-state index contributed by atoms with van der Waals surface area (Å²) < 4.78 is 0. The maximum atomic E-state index is 5.60. The molecule has 4 aromatic rings. The van der Waals surface area contributed by atoms with E-state index in [0.717, 1.165) is 36.7 Å². The SMILES string of the molecule is C#Cc1ccccc1Sc1cccnc1Nc1nc2cccnc2s1. The summed E-state index contributed by atoms with van der Waals surface area (Å²) >= 11 is 3.09. The summed E-state index contributed by atoms with van der Waals surface area (Å²) in [5, 5.41) is 4.07. The van der Waals surface area contributed by atoms with Gasteiger partial charge in [0, 0.05) is 22.9 Å². The van der Waals surface area contributed by atoms with Crippen LogP contribution in [-0.4, -0.2) is 15.0 Å². The third-order valence-electron chi connectivity index (χ3n) is 3.42. The van der Waals surface area contributed by atoms with Crippen molar-refractivity contribution in [1.29, 1.82) is 0 Å². The standard InChI is InChI=1S/C19H12N4S2/c1-2-13-7-3-4-9-15(13)24-16-10-6-11-20-17(16)23-19-22-14-8-5-12-21-18(14)25-19/h1,3-12H,(H,20,22,23). The number of hydrogen-bond donors (Lipinski definition) is 1. The van der Waals surface area contributed by atoms with Crippen molar-refractivity contribution in [2.45, 2.75) is 9.79 Å². The first-order chi connectivity index (χ1) is 12.3. The zero-order chi connectivity index (χ0) is 17.1. The molecule has 0 fully saturated rings. The van der Waals surface area contributed by atoms with Gasteiger partial charge in [0.2, 0.25) is 0 Å². The third kappa shape index (κ3) is 3.33. The number of benzene rings is 1. The van der Waals surface area contributed by atoms with Crippen molar-refractivity contribution in [2.75, 3.05) is 5.32 Å². The minimum absolute atomic E-state index is 0.749. The molecule has 0 bridgehead atoms. The second-order valence-corrected chi connectivity index (χ2v) is 7.13. The number of nitrogens with one attached hydrogen (secondary N) is 1. The van der Waals surface area contributed by atoms with Gasteiger partial charge in [-0.2, -0.15) is 0 Å². The molecule has 0 aliphatic heterocycles. The summed E-state index contributed by atoms with van der Waals surface area (Å²) in [6, 6.07) is 15.6. The fourth-order valence-electron chi connectivity index (χ4n) is 2.28. The van der Waals surface area contributed by atoms with Gasteiger partial charge >= 0.3 is 0 Å². The van der Waals surface area contributed by atoms with E-state index in [2.05, 4.69) is 26.2 Å². The predicted octanol–water partition coefficient (Wildman–Crippen LogP) is 4.96. The number of nitrogens with zero attached hydrogens (tertiary/aromatic N) is 3. The highest BCUT2D eigenvalue weighted by molar-refractivity contribution is 7.99. The molecule has 0 radical (unpaired) electrons. The molecule has 0 aliphatic rings. The van der Waals surface area contributed by atoms with Gasteiger partial charge in [0.05, 0.1) is 4.90 Å². The Labute approximate surface area is 153 Å². The van der Waals surface area contributed by atoms with E-state index in [9.17, 15) is 0 Å². The van der Waals surface area contributed by atoms with E-state index in [-0.39, 0.29) is 0 Å². The Morgan fingerprint density at radius 1 is 0.960 bits per heavy atom. The largest absolute Gasteiger partial charge is 0.315 e. The molecule has 0 saturated carbocycles. The van der Waals surface area contributed by atoms with Crippen LogP contribution in [0, 0.1) is 12.3 Å². The summed E-state index contributed by atoms with van der Waals surface area (Å²) in [5.41, 5.74) is 1.74. The first-order valence-corrected chi connectivity index (χ1v) is 9.14. The van der Waals surface area contributed by atoms with Gasteiger partial charge in [0.1, 0.15) is 16.2 Å². The van der Waals surface area contributed by atoms with Gasteiger partial charge in [-0.3, -0.25) is 0 Å². The van der Waals surface area contributed by atoms with Crippen LogP contribution in [0.4, 0.5) is 10.9 Å². The quantitative estimate of drug-likeness (QED) is 0.521. The first kappa shape index (κ1) is 15.6. The molecular formula is C19H12N4S2. The van der Waals surface area contributed by atoms with Crippen molar-refractivity contribution >= 4 is 44.4 Å². The molecule has 1 N–H and O–H groups in total. The summed E-state index contributed by atoms with van der Waals surface area (Å²) in [6.45, 7) is 0. The second-order valence-electron chi connectivity index (χ2n) is 5.06. The van der Waals surface area contributed by atoms with E-state index in [1.165, 1.54) is 11.3 Å². The van der Waals surface area contributed by atoms with Crippen LogP contribution in [0.5, 0.6) is 0 Å². The van der Waals surface area contributed by atoms with Crippen LogP contribution < -0.4 is 5.32 Å². The Hall–Kier alpha value is -2.88. The number of fused-ring (bicyclic) bond motifs is 1. The van der Waals surface area contributed by atoms with Gasteiger partial charge in [-0.15, -0.1) is 6.42 Å². The van der Waals surface area contributed by atoms with Gasteiger partial charge in [-0.25, -0.2) is 15.0 Å². The second kappa shape index (κ2) is 6.93. The molecule has 4 nitrogen and oxygen atoms in total. The normalized spacial score (nSPS) is 10.5. The lowest BCUT2D eigenvalue weighted by molar-refractivity contribution is 1.22. The molecular weight excluding hydrogens is 348 g/mol. The molecule has 120 valence electrons. The fraction of sp³-hybridized carbons (Fsp3) is 0. The maximum Gasteiger partial charge on any atom is 0.190 e. The number of aromatic nitrogens is 3. The molecule has 0 aliphatic carbocycles. The topological polar surface area (TPSA) is 50.7 Å². The van der Waals surface area contributed by atoms with Crippen LogP contribution in [0.2, 0.25) is 0 Å². The molecule has 0 atom stereocenters. The van der Waals surface area contributed by atoms with Crippen LogP contribution in [0.3, 0.4) is 0 Å². The maximum absolute atomic E-state index is 5.60. The van der Waals surface area contributed by atoms with Gasteiger partial charge in [0.15, 0.2) is 5.13 Å². The van der Waals surface area contributed by atoms with Crippen molar-refractivity contribution in [1.82, 2.24) is 15.0 Å². The van der Waals surface area contributed by atoms with Crippen LogP contribution in [0.25, 0.3) is 10.3 Å². The Morgan fingerprint density at radius 3 is 2.64 bits per heavy atom. The summed E-state index contributed by atoms with van der Waals surface area (Å²) in [7, 11) is 0. The minimum atomic E-state index is 0.749. The molecule has 3 heterocycles. The average Bonchev–Trinajstić information content (AvgIpc) is 3.06. The number of anilines is 2. The van der Waals surface area contributed by atoms with Crippen LogP contribution in [0.1, 0.15) is 5.56 Å². The van der Waals surface area contributed by atoms with Crippen molar-refractivity contribution in [3.8, 4) is 12.3 Å². The van der Waals surface area contributed by atoms with Gasteiger partial charge in [-0.1, -0.05) is 41.2 Å². The molecule has 0 spiro atoms. The molecule has 25 heavy (non-hydrogen) atoms. The van der Waals surface area contributed by atoms with Crippen LogP contribution in [-0.2, 0) is 0 Å². The highest BCUT2D eigenvalue weighted by Gasteiger charge is 2.11. The van der Waals surface area contributed by atoms with E-state index < -0.39 is 0 Å². The lowest BCUT2D eigenvalue weighted by atomic mass is 10.2. The number of terminal acetylenes is 1.